The number of benzene rings is 1. The molecule has 3 rings (SSSR count). The lowest BCUT2D eigenvalue weighted by molar-refractivity contribution is 0.198. The summed E-state index contributed by atoms with van der Waals surface area (Å²) in [4.78, 5) is 6.80. The van der Waals surface area contributed by atoms with Crippen molar-refractivity contribution in [2.75, 3.05) is 33.8 Å². The normalized spacial score (nSPS) is 20.9. The van der Waals surface area contributed by atoms with Gasteiger partial charge in [-0.3, -0.25) is 9.89 Å². The van der Waals surface area contributed by atoms with Crippen molar-refractivity contribution in [1.29, 1.82) is 0 Å². The molecule has 2 aliphatic rings. The van der Waals surface area contributed by atoms with Crippen molar-refractivity contribution in [3.05, 3.63) is 29.6 Å². The summed E-state index contributed by atoms with van der Waals surface area (Å²) in [5.74, 6) is 0.934. The lowest BCUT2D eigenvalue weighted by Crippen LogP contribution is -2.50. The Balaban J connectivity index is 1.42. The quantitative estimate of drug-likeness (QED) is 0.576. The Morgan fingerprint density at radius 1 is 1.29 bits per heavy atom. The van der Waals surface area contributed by atoms with Crippen molar-refractivity contribution in [3.8, 4) is 5.75 Å². The summed E-state index contributed by atoms with van der Waals surface area (Å²) in [6.07, 6.45) is 7.44. The maximum atomic E-state index is 13.9. The molecule has 0 bridgehead atoms. The lowest BCUT2D eigenvalue weighted by Gasteiger charge is -2.33. The predicted octanol–water partition coefficient (Wildman–Crippen LogP) is 3.54. The molecule has 0 unspecified atom stereocenters. The van der Waals surface area contributed by atoms with Gasteiger partial charge in [-0.25, -0.2) is 4.39 Å². The van der Waals surface area contributed by atoms with Crippen molar-refractivity contribution in [2.24, 2.45) is 10.4 Å². The highest BCUT2D eigenvalue weighted by molar-refractivity contribution is 5.80. The minimum atomic E-state index is -0.289. The number of likely N-dealkylation sites (tertiary alicyclic amines) is 1. The number of guanidine groups is 1. The molecular weight excluding hydrogens is 355 g/mol. The fraction of sp³-hybridized carbons (Fsp3) is 0.682. The Kier molecular flexibility index (Phi) is 7.16. The van der Waals surface area contributed by atoms with Crippen LogP contribution >= 0.6 is 0 Å². The SMILES string of the molecule is CN=C(NCC1(C)CCCC1)NC1CCN(Cc2ccc(OC)c(F)c2)CC1. The fourth-order valence-corrected chi connectivity index (χ4v) is 4.39. The number of methoxy groups -OCH3 is 1. The van der Waals surface area contributed by atoms with Gasteiger partial charge >= 0.3 is 0 Å². The van der Waals surface area contributed by atoms with Crippen LogP contribution in [-0.2, 0) is 6.54 Å². The van der Waals surface area contributed by atoms with Gasteiger partial charge in [0.15, 0.2) is 17.5 Å². The van der Waals surface area contributed by atoms with Gasteiger partial charge in [-0.15, -0.1) is 0 Å². The van der Waals surface area contributed by atoms with Gasteiger partial charge in [0.1, 0.15) is 0 Å². The molecular formula is C22H35FN4O. The van der Waals surface area contributed by atoms with Crippen LogP contribution in [0.4, 0.5) is 4.39 Å². The van der Waals surface area contributed by atoms with E-state index in [1.807, 2.05) is 13.1 Å². The van der Waals surface area contributed by atoms with E-state index in [4.69, 9.17) is 4.74 Å². The number of piperidine rings is 1. The first kappa shape index (κ1) is 20.9. The number of hydrogen-bond donors (Lipinski definition) is 2. The van der Waals surface area contributed by atoms with Crippen LogP contribution in [0.3, 0.4) is 0 Å². The minimum Gasteiger partial charge on any atom is -0.494 e. The Morgan fingerprint density at radius 2 is 2.00 bits per heavy atom. The number of ether oxygens (including phenoxy) is 1. The summed E-state index contributed by atoms with van der Waals surface area (Å²) < 4.78 is 18.9. The first-order valence-corrected chi connectivity index (χ1v) is 10.5. The van der Waals surface area contributed by atoms with Gasteiger partial charge in [-0.2, -0.15) is 0 Å². The van der Waals surface area contributed by atoms with Crippen molar-refractivity contribution in [1.82, 2.24) is 15.5 Å². The maximum Gasteiger partial charge on any atom is 0.191 e. The van der Waals surface area contributed by atoms with Gasteiger partial charge in [0, 0.05) is 39.3 Å². The van der Waals surface area contributed by atoms with Crippen molar-refractivity contribution >= 4 is 5.96 Å². The standard InChI is InChI=1S/C22H35FN4O/c1-22(10-4-5-11-22)16-25-21(24-2)26-18-8-12-27(13-9-18)15-17-6-7-20(28-3)19(23)14-17/h6-7,14,18H,4-5,8-13,15-16H2,1-3H3,(H2,24,25,26). The molecule has 2 fully saturated rings. The second-order valence-electron chi connectivity index (χ2n) is 8.61. The smallest absolute Gasteiger partial charge is 0.191 e. The van der Waals surface area contributed by atoms with Crippen LogP contribution < -0.4 is 15.4 Å². The van der Waals surface area contributed by atoms with Gasteiger partial charge in [-0.05, 0) is 48.8 Å². The highest BCUT2D eigenvalue weighted by Gasteiger charge is 2.29. The lowest BCUT2D eigenvalue weighted by atomic mass is 9.89. The summed E-state index contributed by atoms with van der Waals surface area (Å²) in [6, 6.07) is 5.67. The highest BCUT2D eigenvalue weighted by Crippen LogP contribution is 2.36. The molecule has 0 radical (unpaired) electrons. The average molecular weight is 391 g/mol. The second kappa shape index (κ2) is 9.59. The number of nitrogens with one attached hydrogen (secondary N) is 2. The van der Waals surface area contributed by atoms with E-state index in [2.05, 4.69) is 27.4 Å². The second-order valence-corrected chi connectivity index (χ2v) is 8.61. The maximum absolute atomic E-state index is 13.9. The molecule has 1 aromatic carbocycles. The zero-order chi connectivity index (χ0) is 20.0. The minimum absolute atomic E-state index is 0.289. The molecule has 0 amide bonds. The monoisotopic (exact) mass is 390 g/mol. The van der Waals surface area contributed by atoms with Gasteiger partial charge in [0.2, 0.25) is 0 Å². The van der Waals surface area contributed by atoms with Gasteiger partial charge < -0.3 is 15.4 Å². The Hall–Kier alpha value is -1.82. The molecule has 1 heterocycles. The third kappa shape index (κ3) is 5.60. The van der Waals surface area contributed by atoms with Crippen LogP contribution in [0.25, 0.3) is 0 Å². The first-order chi connectivity index (χ1) is 13.5. The molecule has 1 aliphatic carbocycles. The molecule has 6 heteroatoms. The first-order valence-electron chi connectivity index (χ1n) is 10.5. The average Bonchev–Trinajstić information content (AvgIpc) is 3.13. The Labute approximate surface area is 168 Å². The molecule has 0 atom stereocenters. The molecule has 1 saturated heterocycles. The molecule has 0 spiro atoms. The zero-order valence-corrected chi connectivity index (χ0v) is 17.6. The van der Waals surface area contributed by atoms with E-state index >= 15 is 0 Å². The zero-order valence-electron chi connectivity index (χ0n) is 17.6. The van der Waals surface area contributed by atoms with Gasteiger partial charge in [0.05, 0.1) is 7.11 Å². The number of aliphatic imine (C=N–C) groups is 1. The Bertz CT molecular complexity index is 665. The summed E-state index contributed by atoms with van der Waals surface area (Å²) in [7, 11) is 3.34. The molecule has 1 aliphatic heterocycles. The summed E-state index contributed by atoms with van der Waals surface area (Å²) in [5, 5.41) is 7.13. The summed E-state index contributed by atoms with van der Waals surface area (Å²) in [6.45, 7) is 6.15. The van der Waals surface area contributed by atoms with Crippen molar-refractivity contribution in [2.45, 2.75) is 58.0 Å². The topological polar surface area (TPSA) is 48.9 Å². The van der Waals surface area contributed by atoms with Crippen LogP contribution in [-0.4, -0.2) is 50.7 Å². The third-order valence-electron chi connectivity index (χ3n) is 6.27. The number of rotatable bonds is 6. The molecule has 5 nitrogen and oxygen atoms in total. The van der Waals surface area contributed by atoms with Crippen LogP contribution in [0.5, 0.6) is 5.75 Å². The highest BCUT2D eigenvalue weighted by atomic mass is 19.1. The van der Waals surface area contributed by atoms with E-state index in [0.717, 1.165) is 50.5 Å². The predicted molar refractivity (Wildman–Crippen MR) is 112 cm³/mol. The van der Waals surface area contributed by atoms with E-state index in [9.17, 15) is 4.39 Å². The molecule has 28 heavy (non-hydrogen) atoms. The van der Waals surface area contributed by atoms with Gasteiger partial charge in [-0.1, -0.05) is 25.8 Å². The Morgan fingerprint density at radius 3 is 2.61 bits per heavy atom. The molecule has 156 valence electrons. The molecule has 1 aromatic rings. The largest absolute Gasteiger partial charge is 0.494 e. The summed E-state index contributed by atoms with van der Waals surface area (Å²) in [5.41, 5.74) is 1.40. The summed E-state index contributed by atoms with van der Waals surface area (Å²) >= 11 is 0. The van der Waals surface area contributed by atoms with Crippen LogP contribution in [0, 0.1) is 11.2 Å². The van der Waals surface area contributed by atoms with Crippen LogP contribution in [0.2, 0.25) is 0 Å². The molecule has 1 saturated carbocycles. The number of nitrogens with zero attached hydrogens (tertiary/aromatic N) is 2. The van der Waals surface area contributed by atoms with Gasteiger partial charge in [0.25, 0.3) is 0 Å². The fourth-order valence-electron chi connectivity index (χ4n) is 4.39. The van der Waals surface area contributed by atoms with Crippen LogP contribution in [0.1, 0.15) is 51.0 Å². The number of halogens is 1. The van der Waals surface area contributed by atoms with Crippen LogP contribution in [0.15, 0.2) is 23.2 Å². The van der Waals surface area contributed by atoms with E-state index in [1.54, 1.807) is 12.1 Å². The van der Waals surface area contributed by atoms with Crippen molar-refractivity contribution in [3.63, 3.8) is 0 Å². The number of hydrogen-bond acceptors (Lipinski definition) is 3. The van der Waals surface area contributed by atoms with E-state index < -0.39 is 0 Å². The molecule has 0 aromatic heterocycles. The van der Waals surface area contributed by atoms with E-state index in [-0.39, 0.29) is 5.82 Å². The molecule has 2 N–H and O–H groups in total. The van der Waals surface area contributed by atoms with Crippen molar-refractivity contribution < 1.29 is 9.13 Å². The van der Waals surface area contributed by atoms with E-state index in [1.165, 1.54) is 32.8 Å². The third-order valence-corrected chi connectivity index (χ3v) is 6.27. The van der Waals surface area contributed by atoms with E-state index in [0.29, 0.717) is 17.2 Å².